The molecule has 0 aromatic carbocycles. The lowest BCUT2D eigenvalue weighted by Gasteiger charge is -2.29. The number of nitrogens with two attached hydrogens (primary N) is 1. The van der Waals surface area contributed by atoms with Crippen LogP contribution in [0.3, 0.4) is 0 Å². The van der Waals surface area contributed by atoms with Gasteiger partial charge in [0.1, 0.15) is 6.04 Å². The summed E-state index contributed by atoms with van der Waals surface area (Å²) in [5, 5.41) is 9.04. The fourth-order valence-corrected chi connectivity index (χ4v) is 2.28. The molecule has 0 aromatic rings. The van der Waals surface area contributed by atoms with Crippen LogP contribution in [0.4, 0.5) is 0 Å². The maximum Gasteiger partial charge on any atom is 0.236 e. The molecule has 0 aromatic heterocycles. The number of nitriles is 1. The predicted octanol–water partition coefficient (Wildman–Crippen LogP) is 0.876. The first-order valence-electron chi connectivity index (χ1n) is 5.63. The Hall–Kier alpha value is -1.08. The summed E-state index contributed by atoms with van der Waals surface area (Å²) in [6.45, 7) is 3.82. The van der Waals surface area contributed by atoms with Crippen molar-refractivity contribution in [3.05, 3.63) is 0 Å². The van der Waals surface area contributed by atoms with Crippen molar-refractivity contribution in [3.63, 3.8) is 0 Å². The van der Waals surface area contributed by atoms with E-state index in [0.717, 1.165) is 38.8 Å². The van der Waals surface area contributed by atoms with Crippen LogP contribution < -0.4 is 5.73 Å². The summed E-state index contributed by atoms with van der Waals surface area (Å²) < 4.78 is 0. The molecule has 84 valence electrons. The van der Waals surface area contributed by atoms with E-state index < -0.39 is 0 Å². The molecule has 1 aliphatic rings. The van der Waals surface area contributed by atoms with Crippen LogP contribution in [0.2, 0.25) is 0 Å². The third-order valence-electron chi connectivity index (χ3n) is 2.95. The number of hydrogen-bond acceptors (Lipinski definition) is 3. The second-order valence-electron chi connectivity index (χ2n) is 4.11. The average Bonchev–Trinajstić information content (AvgIpc) is 2.40. The number of likely N-dealkylation sites (tertiary alicyclic amines) is 1. The van der Waals surface area contributed by atoms with Crippen molar-refractivity contribution < 1.29 is 4.79 Å². The molecule has 1 rings (SSSR count). The summed E-state index contributed by atoms with van der Waals surface area (Å²) in [4.78, 5) is 13.5. The maximum absolute atomic E-state index is 11.4. The van der Waals surface area contributed by atoms with E-state index in [-0.39, 0.29) is 17.9 Å². The highest BCUT2D eigenvalue weighted by atomic mass is 16.1. The molecule has 1 amide bonds. The fraction of sp³-hybridized carbons (Fsp3) is 0.818. The van der Waals surface area contributed by atoms with Gasteiger partial charge < -0.3 is 5.73 Å². The zero-order valence-electron chi connectivity index (χ0n) is 9.28. The molecule has 2 N–H and O–H groups in total. The van der Waals surface area contributed by atoms with Crippen LogP contribution in [0, 0.1) is 17.2 Å². The van der Waals surface area contributed by atoms with Gasteiger partial charge in [0.2, 0.25) is 5.91 Å². The lowest BCUT2D eigenvalue weighted by atomic mass is 9.95. The Morgan fingerprint density at radius 1 is 1.60 bits per heavy atom. The van der Waals surface area contributed by atoms with Crippen LogP contribution in [0.25, 0.3) is 0 Å². The highest BCUT2D eigenvalue weighted by Crippen LogP contribution is 2.22. The predicted molar refractivity (Wildman–Crippen MR) is 57.8 cm³/mol. The second kappa shape index (κ2) is 5.72. The lowest BCUT2D eigenvalue weighted by molar-refractivity contribution is -0.124. The molecule has 0 saturated carbocycles. The van der Waals surface area contributed by atoms with E-state index in [0.29, 0.717) is 0 Å². The zero-order valence-corrected chi connectivity index (χ0v) is 9.28. The normalized spacial score (nSPS) is 28.0. The number of nitrogens with zero attached hydrogens (tertiary/aromatic N) is 2. The first-order valence-corrected chi connectivity index (χ1v) is 5.63. The quantitative estimate of drug-likeness (QED) is 0.750. The standard InChI is InChI=1S/C11H19N3O/c1-2-6-14-7-4-3-5-9(8-12)10(14)11(13)15/h9-10H,2-7H2,1H3,(H2,13,15). The molecular weight excluding hydrogens is 190 g/mol. The van der Waals surface area contributed by atoms with Crippen LogP contribution in [0.5, 0.6) is 0 Å². The lowest BCUT2D eigenvalue weighted by Crippen LogP contribution is -2.48. The van der Waals surface area contributed by atoms with E-state index in [9.17, 15) is 4.79 Å². The number of primary amides is 1. The van der Waals surface area contributed by atoms with E-state index in [1.54, 1.807) is 0 Å². The van der Waals surface area contributed by atoms with E-state index >= 15 is 0 Å². The monoisotopic (exact) mass is 209 g/mol. The van der Waals surface area contributed by atoms with Gasteiger partial charge in [0.05, 0.1) is 12.0 Å². The van der Waals surface area contributed by atoms with Gasteiger partial charge in [-0.15, -0.1) is 0 Å². The highest BCUT2D eigenvalue weighted by Gasteiger charge is 2.33. The van der Waals surface area contributed by atoms with Crippen molar-refractivity contribution in [2.45, 2.75) is 38.6 Å². The third-order valence-corrected chi connectivity index (χ3v) is 2.95. The molecule has 0 aliphatic carbocycles. The number of amides is 1. The van der Waals surface area contributed by atoms with Gasteiger partial charge in [-0.1, -0.05) is 13.3 Å². The van der Waals surface area contributed by atoms with Crippen LogP contribution in [0.15, 0.2) is 0 Å². The van der Waals surface area contributed by atoms with E-state index in [1.807, 2.05) is 0 Å². The van der Waals surface area contributed by atoms with Crippen LogP contribution in [-0.4, -0.2) is 29.9 Å². The number of carbonyl (C=O) groups excluding carboxylic acids is 1. The third kappa shape index (κ3) is 2.93. The summed E-state index contributed by atoms with van der Waals surface area (Å²) >= 11 is 0. The molecule has 1 aliphatic heterocycles. The van der Waals surface area contributed by atoms with Gasteiger partial charge in [-0.2, -0.15) is 5.26 Å². The van der Waals surface area contributed by atoms with Crippen molar-refractivity contribution in [1.82, 2.24) is 4.90 Å². The zero-order chi connectivity index (χ0) is 11.3. The van der Waals surface area contributed by atoms with E-state index in [1.165, 1.54) is 0 Å². The van der Waals surface area contributed by atoms with Crippen molar-refractivity contribution in [3.8, 4) is 6.07 Å². The Morgan fingerprint density at radius 3 is 2.87 bits per heavy atom. The summed E-state index contributed by atoms with van der Waals surface area (Å²) in [6.07, 6.45) is 3.86. The summed E-state index contributed by atoms with van der Waals surface area (Å²) in [5.41, 5.74) is 5.39. The average molecular weight is 209 g/mol. The Bertz CT molecular complexity index is 259. The minimum absolute atomic E-state index is 0.225. The highest BCUT2D eigenvalue weighted by molar-refractivity contribution is 5.80. The smallest absolute Gasteiger partial charge is 0.236 e. The van der Waals surface area contributed by atoms with Crippen LogP contribution in [0.1, 0.15) is 32.6 Å². The summed E-state index contributed by atoms with van der Waals surface area (Å²) in [7, 11) is 0. The molecule has 0 bridgehead atoms. The minimum atomic E-state index is -0.377. The first-order chi connectivity index (χ1) is 7.20. The second-order valence-corrected chi connectivity index (χ2v) is 4.11. The van der Waals surface area contributed by atoms with Crippen molar-refractivity contribution in [2.24, 2.45) is 11.7 Å². The summed E-state index contributed by atoms with van der Waals surface area (Å²) in [5.74, 6) is -0.576. The largest absolute Gasteiger partial charge is 0.368 e. The Morgan fingerprint density at radius 2 is 2.33 bits per heavy atom. The molecule has 4 nitrogen and oxygen atoms in total. The number of carbonyl (C=O) groups is 1. The van der Waals surface area contributed by atoms with Gasteiger partial charge in [0, 0.05) is 0 Å². The Kier molecular flexibility index (Phi) is 4.57. The van der Waals surface area contributed by atoms with Gasteiger partial charge >= 0.3 is 0 Å². The summed E-state index contributed by atoms with van der Waals surface area (Å²) in [6, 6.07) is 1.84. The number of rotatable bonds is 3. The van der Waals surface area contributed by atoms with E-state index in [2.05, 4.69) is 17.9 Å². The molecular formula is C11H19N3O. The molecule has 1 heterocycles. The fourth-order valence-electron chi connectivity index (χ4n) is 2.28. The maximum atomic E-state index is 11.4. The minimum Gasteiger partial charge on any atom is -0.368 e. The van der Waals surface area contributed by atoms with Crippen LogP contribution >= 0.6 is 0 Å². The Labute approximate surface area is 91.0 Å². The van der Waals surface area contributed by atoms with E-state index in [4.69, 9.17) is 11.0 Å². The van der Waals surface area contributed by atoms with Crippen LogP contribution in [-0.2, 0) is 4.79 Å². The van der Waals surface area contributed by atoms with Crippen molar-refractivity contribution >= 4 is 5.91 Å². The SMILES string of the molecule is CCCN1CCCCC(C#N)C1C(N)=O. The molecule has 0 radical (unpaired) electrons. The van der Waals surface area contributed by atoms with Gasteiger partial charge in [-0.05, 0) is 32.4 Å². The van der Waals surface area contributed by atoms with Crippen molar-refractivity contribution in [2.75, 3.05) is 13.1 Å². The molecule has 2 atom stereocenters. The van der Waals surface area contributed by atoms with Crippen molar-refractivity contribution in [1.29, 1.82) is 5.26 Å². The van der Waals surface area contributed by atoms with Gasteiger partial charge in [0.25, 0.3) is 0 Å². The number of hydrogen-bond donors (Lipinski definition) is 1. The topological polar surface area (TPSA) is 70.1 Å². The molecule has 2 unspecified atom stereocenters. The molecule has 15 heavy (non-hydrogen) atoms. The van der Waals surface area contributed by atoms with Gasteiger partial charge in [-0.3, -0.25) is 9.69 Å². The molecule has 0 spiro atoms. The first kappa shape index (κ1) is 12.0. The van der Waals surface area contributed by atoms with Gasteiger partial charge in [-0.25, -0.2) is 0 Å². The molecule has 1 fully saturated rings. The molecule has 4 heteroatoms. The molecule has 1 saturated heterocycles. The van der Waals surface area contributed by atoms with Gasteiger partial charge in [0.15, 0.2) is 0 Å². The Balaban J connectivity index is 2.82.